The van der Waals surface area contributed by atoms with Crippen molar-refractivity contribution < 1.29 is 23.0 Å². The number of likely N-dealkylation sites (N-methyl/N-ethyl adjacent to an activating group) is 1. The summed E-state index contributed by atoms with van der Waals surface area (Å²) < 4.78 is 43.7. The van der Waals surface area contributed by atoms with E-state index < -0.39 is 17.2 Å². The van der Waals surface area contributed by atoms with Gasteiger partial charge in [-0.25, -0.2) is 13.6 Å². The zero-order valence-electron chi connectivity index (χ0n) is 26.9. The van der Waals surface area contributed by atoms with Gasteiger partial charge in [0.2, 0.25) is 0 Å². The maximum absolute atomic E-state index is 16.7. The molecular formula is C35H40F2N6O3. The minimum Gasteiger partial charge on any atom is -0.461 e. The summed E-state index contributed by atoms with van der Waals surface area (Å²) in [7, 11) is 1.88. The van der Waals surface area contributed by atoms with E-state index in [4.69, 9.17) is 14.5 Å². The summed E-state index contributed by atoms with van der Waals surface area (Å²) in [5.41, 5.74) is -0.236. The monoisotopic (exact) mass is 630 g/mol. The van der Waals surface area contributed by atoms with E-state index in [1.807, 2.05) is 32.7 Å². The van der Waals surface area contributed by atoms with E-state index in [0.29, 0.717) is 53.7 Å². The lowest BCUT2D eigenvalue weighted by molar-refractivity contribution is 0.0292. The van der Waals surface area contributed by atoms with Gasteiger partial charge in [-0.3, -0.25) is 9.88 Å². The van der Waals surface area contributed by atoms with Crippen LogP contribution in [0.5, 0.6) is 6.01 Å². The topological polar surface area (TPSA) is 83.9 Å². The lowest BCUT2D eigenvalue weighted by atomic mass is 9.95. The van der Waals surface area contributed by atoms with Gasteiger partial charge in [0.05, 0.1) is 10.9 Å². The lowest BCUT2D eigenvalue weighted by Gasteiger charge is -2.31. The van der Waals surface area contributed by atoms with E-state index in [1.54, 1.807) is 41.4 Å². The lowest BCUT2D eigenvalue weighted by Crippen LogP contribution is -2.43. The number of carbonyl (C=O) groups excluding carboxylic acids is 1. The zero-order chi connectivity index (χ0) is 32.2. The Kier molecular flexibility index (Phi) is 7.70. The number of rotatable bonds is 6. The quantitative estimate of drug-likeness (QED) is 0.237. The summed E-state index contributed by atoms with van der Waals surface area (Å²) in [6.45, 7) is 9.01. The van der Waals surface area contributed by atoms with Crippen molar-refractivity contribution in [3.8, 4) is 17.3 Å². The molecule has 4 aromatic rings. The van der Waals surface area contributed by atoms with Gasteiger partial charge in [-0.05, 0) is 77.4 Å². The van der Waals surface area contributed by atoms with Crippen LogP contribution in [0.2, 0.25) is 0 Å². The average molecular weight is 631 g/mol. The van der Waals surface area contributed by atoms with Crippen molar-refractivity contribution in [2.75, 3.05) is 44.7 Å². The molecule has 2 aromatic carbocycles. The maximum Gasteiger partial charge on any atom is 0.410 e. The van der Waals surface area contributed by atoms with Gasteiger partial charge in [0.1, 0.15) is 35.1 Å². The van der Waals surface area contributed by atoms with Gasteiger partial charge in [0.15, 0.2) is 5.82 Å². The number of fused-ring (bicyclic) bond motifs is 3. The van der Waals surface area contributed by atoms with E-state index in [2.05, 4.69) is 14.9 Å². The molecule has 7 rings (SSSR count). The number of anilines is 1. The van der Waals surface area contributed by atoms with E-state index in [9.17, 15) is 4.79 Å². The molecule has 46 heavy (non-hydrogen) atoms. The molecule has 0 saturated carbocycles. The van der Waals surface area contributed by atoms with Gasteiger partial charge in [-0.15, -0.1) is 0 Å². The molecule has 2 aromatic heterocycles. The third-order valence-electron chi connectivity index (χ3n) is 9.73. The van der Waals surface area contributed by atoms with Crippen LogP contribution in [-0.4, -0.2) is 87.9 Å². The fraction of sp³-hybridized carbons (Fsp3) is 0.486. The van der Waals surface area contributed by atoms with Crippen LogP contribution in [-0.2, 0) is 4.74 Å². The Hall–Kier alpha value is -4.12. The second-order valence-corrected chi connectivity index (χ2v) is 13.8. The highest BCUT2D eigenvalue weighted by Crippen LogP contribution is 2.40. The molecule has 11 heteroatoms. The molecule has 0 radical (unpaired) electrons. The van der Waals surface area contributed by atoms with Crippen LogP contribution < -0.4 is 9.64 Å². The molecular weight excluding hydrogens is 590 g/mol. The number of amides is 1. The summed E-state index contributed by atoms with van der Waals surface area (Å²) in [5, 5.41) is 1.36. The number of benzene rings is 2. The first-order valence-corrected chi connectivity index (χ1v) is 16.2. The summed E-state index contributed by atoms with van der Waals surface area (Å²) in [6, 6.07) is 10.00. The second kappa shape index (κ2) is 11.6. The van der Waals surface area contributed by atoms with E-state index >= 15 is 8.78 Å². The van der Waals surface area contributed by atoms with Crippen LogP contribution in [0, 0.1) is 11.6 Å². The molecule has 3 fully saturated rings. The molecule has 0 aliphatic carbocycles. The molecule has 1 unspecified atom stereocenters. The Morgan fingerprint density at radius 1 is 1.07 bits per heavy atom. The number of ether oxygens (including phenoxy) is 2. The van der Waals surface area contributed by atoms with Crippen LogP contribution in [0.4, 0.5) is 19.4 Å². The van der Waals surface area contributed by atoms with Crippen molar-refractivity contribution in [1.29, 1.82) is 0 Å². The highest BCUT2D eigenvalue weighted by Gasteiger charge is 2.45. The highest BCUT2D eigenvalue weighted by molar-refractivity contribution is 5.99. The van der Waals surface area contributed by atoms with Crippen LogP contribution >= 0.6 is 0 Å². The molecule has 1 atom stereocenters. The van der Waals surface area contributed by atoms with Gasteiger partial charge in [-0.1, -0.05) is 30.3 Å². The Morgan fingerprint density at radius 2 is 1.80 bits per heavy atom. The number of aromatic nitrogens is 3. The van der Waals surface area contributed by atoms with Gasteiger partial charge in [0.25, 0.3) is 0 Å². The van der Waals surface area contributed by atoms with Crippen molar-refractivity contribution in [1.82, 2.24) is 24.8 Å². The summed E-state index contributed by atoms with van der Waals surface area (Å²) >= 11 is 0. The molecule has 3 aliphatic heterocycles. The van der Waals surface area contributed by atoms with Crippen molar-refractivity contribution in [2.45, 2.75) is 70.1 Å². The molecule has 9 nitrogen and oxygen atoms in total. The molecule has 1 amide bonds. The number of nitrogens with zero attached hydrogens (tertiary/aromatic N) is 6. The predicted octanol–water partition coefficient (Wildman–Crippen LogP) is 6.58. The van der Waals surface area contributed by atoms with Crippen molar-refractivity contribution in [3.05, 3.63) is 54.2 Å². The SMILES string of the molecule is CN(c1nc(OCC23CCCN2CCC3)nc2c(F)c(-c3cccc4cccc(F)c34)ncc12)C1CCN(C(=O)OC(C)(C)C)C1. The predicted molar refractivity (Wildman–Crippen MR) is 173 cm³/mol. The molecule has 0 N–H and O–H groups in total. The van der Waals surface area contributed by atoms with Crippen LogP contribution in [0.1, 0.15) is 52.9 Å². The van der Waals surface area contributed by atoms with Crippen molar-refractivity contribution in [2.24, 2.45) is 0 Å². The number of hydrogen-bond donors (Lipinski definition) is 0. The highest BCUT2D eigenvalue weighted by atomic mass is 19.1. The van der Waals surface area contributed by atoms with E-state index in [1.165, 1.54) is 6.07 Å². The molecule has 3 aliphatic rings. The summed E-state index contributed by atoms with van der Waals surface area (Å²) in [6.07, 6.45) is 6.21. The number of hydrogen-bond acceptors (Lipinski definition) is 8. The molecule has 0 spiro atoms. The fourth-order valence-corrected chi connectivity index (χ4v) is 7.42. The van der Waals surface area contributed by atoms with Gasteiger partial charge in [0, 0.05) is 43.3 Å². The van der Waals surface area contributed by atoms with Crippen LogP contribution in [0.25, 0.3) is 32.9 Å². The number of likely N-dealkylation sites (tertiary alicyclic amines) is 1. The minimum atomic E-state index is -0.668. The van der Waals surface area contributed by atoms with Crippen LogP contribution in [0.15, 0.2) is 42.6 Å². The Labute approximate surface area is 267 Å². The largest absolute Gasteiger partial charge is 0.461 e. The van der Waals surface area contributed by atoms with E-state index in [-0.39, 0.29) is 34.9 Å². The van der Waals surface area contributed by atoms with Crippen LogP contribution in [0.3, 0.4) is 0 Å². The number of halogens is 2. The van der Waals surface area contributed by atoms with E-state index in [0.717, 1.165) is 38.8 Å². The normalized spacial score (nSPS) is 19.6. The molecule has 0 bridgehead atoms. The summed E-state index contributed by atoms with van der Waals surface area (Å²) in [5.74, 6) is -0.655. The van der Waals surface area contributed by atoms with Gasteiger partial charge >= 0.3 is 12.1 Å². The Bertz CT molecular complexity index is 1800. The van der Waals surface area contributed by atoms with Crippen molar-refractivity contribution in [3.63, 3.8) is 0 Å². The smallest absolute Gasteiger partial charge is 0.410 e. The average Bonchev–Trinajstić information content (AvgIpc) is 3.76. The molecule has 5 heterocycles. The first-order valence-electron chi connectivity index (χ1n) is 16.2. The number of carbonyl (C=O) groups is 1. The zero-order valence-corrected chi connectivity index (χ0v) is 26.9. The third-order valence-corrected chi connectivity index (χ3v) is 9.73. The summed E-state index contributed by atoms with van der Waals surface area (Å²) in [4.78, 5) is 32.9. The third kappa shape index (κ3) is 5.48. The van der Waals surface area contributed by atoms with Gasteiger partial charge in [-0.2, -0.15) is 9.97 Å². The fourth-order valence-electron chi connectivity index (χ4n) is 7.42. The second-order valence-electron chi connectivity index (χ2n) is 13.8. The maximum atomic E-state index is 16.7. The standard InChI is InChI=1S/C35H40F2N6O3/c1-34(2,3)46-33(44)42-18-13-23(20-42)41(4)31-25-19-38-29(24-11-5-9-22-10-6-12-26(36)27(22)24)28(37)30(25)39-32(40-31)45-21-35-14-7-16-43(35)17-8-15-35/h5-6,9-12,19,23H,7-8,13-18,20-21H2,1-4H3. The minimum absolute atomic E-state index is 0.00905. The van der Waals surface area contributed by atoms with Gasteiger partial charge < -0.3 is 19.3 Å². The first kappa shape index (κ1) is 30.5. The molecule has 3 saturated heterocycles. The first-order chi connectivity index (χ1) is 22.0. The molecule has 242 valence electrons. The Balaban J connectivity index is 1.28. The number of pyridine rings is 1. The van der Waals surface area contributed by atoms with Crippen molar-refractivity contribution >= 4 is 33.6 Å². The Morgan fingerprint density at radius 3 is 2.54 bits per heavy atom.